The summed E-state index contributed by atoms with van der Waals surface area (Å²) in [5.74, 6) is -2.66. The molecule has 7 heteroatoms. The topological polar surface area (TPSA) is 84.6 Å². The fourth-order valence-corrected chi connectivity index (χ4v) is 1.36. The van der Waals surface area contributed by atoms with Crippen molar-refractivity contribution in [2.24, 2.45) is 5.73 Å². The Hall–Kier alpha value is -1.89. The maximum Gasteiger partial charge on any atom is 0.304 e. The number of hydrogen-bond acceptors (Lipinski definition) is 4. The van der Waals surface area contributed by atoms with Gasteiger partial charge in [0, 0.05) is 24.7 Å². The van der Waals surface area contributed by atoms with Gasteiger partial charge < -0.3 is 20.9 Å². The number of hydrogen-bond donors (Lipinski definition) is 3. The van der Waals surface area contributed by atoms with E-state index in [-0.39, 0.29) is 24.4 Å². The van der Waals surface area contributed by atoms with Gasteiger partial charge in [-0.1, -0.05) is 0 Å². The third-order valence-corrected chi connectivity index (χ3v) is 2.23. The summed E-state index contributed by atoms with van der Waals surface area (Å²) in [5, 5.41) is 11.0. The van der Waals surface area contributed by atoms with Crippen molar-refractivity contribution < 1.29 is 23.4 Å². The molecular weight excluding hydrogens is 246 g/mol. The van der Waals surface area contributed by atoms with E-state index in [1.54, 1.807) is 0 Å². The summed E-state index contributed by atoms with van der Waals surface area (Å²) in [7, 11) is 1.23. The number of methoxy groups -OCH3 is 1. The van der Waals surface area contributed by atoms with Crippen LogP contribution in [-0.4, -0.2) is 30.8 Å². The molecule has 0 heterocycles. The standard InChI is InChI=1S/C11H14F2N2O3/c1-18-10-4-7(12)9(3-8(10)13)15-5-6(14)2-11(16)17/h3-4,6,15H,2,5,14H2,1H3,(H,16,17). The Bertz CT molecular complexity index is 441. The Morgan fingerprint density at radius 1 is 1.50 bits per heavy atom. The molecule has 0 amide bonds. The predicted octanol–water partition coefficient (Wildman–Crippen LogP) is 1.19. The fourth-order valence-electron chi connectivity index (χ4n) is 1.36. The molecule has 0 bridgehead atoms. The highest BCUT2D eigenvalue weighted by Gasteiger charge is 2.12. The van der Waals surface area contributed by atoms with E-state index < -0.39 is 23.6 Å². The van der Waals surface area contributed by atoms with Crippen molar-refractivity contribution in [2.75, 3.05) is 19.0 Å². The molecule has 1 aromatic rings. The molecule has 1 rings (SSSR count). The number of benzene rings is 1. The summed E-state index contributed by atoms with van der Waals surface area (Å²) >= 11 is 0. The molecule has 1 atom stereocenters. The highest BCUT2D eigenvalue weighted by Crippen LogP contribution is 2.24. The van der Waals surface area contributed by atoms with E-state index in [9.17, 15) is 13.6 Å². The van der Waals surface area contributed by atoms with Crippen LogP contribution >= 0.6 is 0 Å². The number of ether oxygens (including phenoxy) is 1. The second-order valence-electron chi connectivity index (χ2n) is 3.71. The number of carboxylic acid groups (broad SMARTS) is 1. The number of halogens is 2. The van der Waals surface area contributed by atoms with Crippen LogP contribution in [0.25, 0.3) is 0 Å². The van der Waals surface area contributed by atoms with Gasteiger partial charge in [-0.15, -0.1) is 0 Å². The zero-order chi connectivity index (χ0) is 13.7. The Morgan fingerprint density at radius 3 is 2.72 bits per heavy atom. The van der Waals surface area contributed by atoms with Crippen LogP contribution in [0.1, 0.15) is 6.42 Å². The van der Waals surface area contributed by atoms with Crippen LogP contribution in [0.4, 0.5) is 14.5 Å². The maximum absolute atomic E-state index is 13.5. The van der Waals surface area contributed by atoms with Gasteiger partial charge in [-0.05, 0) is 0 Å². The molecular formula is C11H14F2N2O3. The predicted molar refractivity (Wildman–Crippen MR) is 61.6 cm³/mol. The van der Waals surface area contributed by atoms with Crippen molar-refractivity contribution in [1.82, 2.24) is 0 Å². The molecule has 0 saturated carbocycles. The highest BCUT2D eigenvalue weighted by atomic mass is 19.1. The van der Waals surface area contributed by atoms with Gasteiger partial charge >= 0.3 is 5.97 Å². The number of carboxylic acids is 1. The Balaban J connectivity index is 2.68. The lowest BCUT2D eigenvalue weighted by Gasteiger charge is -2.13. The largest absolute Gasteiger partial charge is 0.494 e. The van der Waals surface area contributed by atoms with Crippen molar-refractivity contribution in [3.05, 3.63) is 23.8 Å². The molecule has 1 unspecified atom stereocenters. The molecule has 0 spiro atoms. The van der Waals surface area contributed by atoms with E-state index >= 15 is 0 Å². The van der Waals surface area contributed by atoms with Crippen molar-refractivity contribution in [3.8, 4) is 5.75 Å². The maximum atomic E-state index is 13.5. The normalized spacial score (nSPS) is 12.0. The van der Waals surface area contributed by atoms with Crippen LogP contribution in [0, 0.1) is 11.6 Å². The molecule has 0 aliphatic rings. The van der Waals surface area contributed by atoms with Gasteiger partial charge in [0.1, 0.15) is 5.82 Å². The number of nitrogens with two attached hydrogens (primary N) is 1. The van der Waals surface area contributed by atoms with Crippen LogP contribution in [0.3, 0.4) is 0 Å². The van der Waals surface area contributed by atoms with Gasteiger partial charge in [0.25, 0.3) is 0 Å². The molecule has 0 aromatic heterocycles. The lowest BCUT2D eigenvalue weighted by atomic mass is 10.2. The van der Waals surface area contributed by atoms with Crippen LogP contribution in [0.2, 0.25) is 0 Å². The number of carbonyl (C=O) groups is 1. The number of aliphatic carboxylic acids is 1. The first kappa shape index (κ1) is 14.2. The molecule has 5 nitrogen and oxygen atoms in total. The number of nitrogens with one attached hydrogen (secondary N) is 1. The Kier molecular flexibility index (Phi) is 4.85. The van der Waals surface area contributed by atoms with Gasteiger partial charge in [-0.3, -0.25) is 4.79 Å². The molecule has 18 heavy (non-hydrogen) atoms. The van der Waals surface area contributed by atoms with E-state index in [1.807, 2.05) is 0 Å². The van der Waals surface area contributed by atoms with Crippen LogP contribution in [0.15, 0.2) is 12.1 Å². The first-order chi connectivity index (χ1) is 8.43. The minimum atomic E-state index is -1.05. The van der Waals surface area contributed by atoms with Gasteiger partial charge in [0.15, 0.2) is 11.6 Å². The first-order valence-corrected chi connectivity index (χ1v) is 5.18. The molecule has 0 radical (unpaired) electrons. The second-order valence-corrected chi connectivity index (χ2v) is 3.71. The fraction of sp³-hybridized carbons (Fsp3) is 0.364. The van der Waals surface area contributed by atoms with Crippen LogP contribution in [-0.2, 0) is 4.79 Å². The quantitative estimate of drug-likeness (QED) is 0.715. The minimum absolute atomic E-state index is 0.0228. The third-order valence-electron chi connectivity index (χ3n) is 2.23. The number of rotatable bonds is 6. The van der Waals surface area contributed by atoms with E-state index in [0.717, 1.165) is 12.1 Å². The van der Waals surface area contributed by atoms with E-state index in [1.165, 1.54) is 7.11 Å². The van der Waals surface area contributed by atoms with Crippen molar-refractivity contribution in [2.45, 2.75) is 12.5 Å². The zero-order valence-corrected chi connectivity index (χ0v) is 9.74. The first-order valence-electron chi connectivity index (χ1n) is 5.18. The van der Waals surface area contributed by atoms with Gasteiger partial charge in [-0.2, -0.15) is 0 Å². The molecule has 4 N–H and O–H groups in total. The van der Waals surface area contributed by atoms with Crippen molar-refractivity contribution in [1.29, 1.82) is 0 Å². The lowest BCUT2D eigenvalue weighted by Crippen LogP contribution is -2.31. The van der Waals surface area contributed by atoms with E-state index in [2.05, 4.69) is 10.1 Å². The molecule has 0 aliphatic heterocycles. The molecule has 0 saturated heterocycles. The average Bonchev–Trinajstić information content (AvgIpc) is 2.28. The minimum Gasteiger partial charge on any atom is -0.494 e. The monoisotopic (exact) mass is 260 g/mol. The average molecular weight is 260 g/mol. The van der Waals surface area contributed by atoms with Gasteiger partial charge in [0.05, 0.1) is 19.2 Å². The lowest BCUT2D eigenvalue weighted by molar-refractivity contribution is -0.137. The molecule has 0 fully saturated rings. The van der Waals surface area contributed by atoms with Crippen LogP contribution < -0.4 is 15.8 Å². The van der Waals surface area contributed by atoms with E-state index in [4.69, 9.17) is 10.8 Å². The summed E-state index contributed by atoms with van der Waals surface area (Å²) in [6.45, 7) is 0.0228. The Labute approximate surface area is 103 Å². The summed E-state index contributed by atoms with van der Waals surface area (Å²) in [6, 6.07) is 1.15. The van der Waals surface area contributed by atoms with Gasteiger partial charge in [0.2, 0.25) is 0 Å². The summed E-state index contributed by atoms with van der Waals surface area (Å²) in [6.07, 6.45) is -0.257. The summed E-state index contributed by atoms with van der Waals surface area (Å²) < 4.78 is 31.4. The smallest absolute Gasteiger partial charge is 0.304 e. The summed E-state index contributed by atoms with van der Waals surface area (Å²) in [5.41, 5.74) is 5.39. The Morgan fingerprint density at radius 2 is 2.17 bits per heavy atom. The molecule has 100 valence electrons. The molecule has 1 aromatic carbocycles. The number of anilines is 1. The van der Waals surface area contributed by atoms with E-state index in [0.29, 0.717) is 0 Å². The zero-order valence-electron chi connectivity index (χ0n) is 9.74. The second kappa shape index (κ2) is 6.15. The third kappa shape index (κ3) is 3.85. The van der Waals surface area contributed by atoms with Crippen molar-refractivity contribution in [3.63, 3.8) is 0 Å². The van der Waals surface area contributed by atoms with Gasteiger partial charge in [-0.25, -0.2) is 8.78 Å². The highest BCUT2D eigenvalue weighted by molar-refractivity contribution is 5.67. The van der Waals surface area contributed by atoms with Crippen molar-refractivity contribution >= 4 is 11.7 Å². The molecule has 0 aliphatic carbocycles. The van der Waals surface area contributed by atoms with Crippen LogP contribution in [0.5, 0.6) is 5.75 Å². The SMILES string of the molecule is COc1cc(F)c(NCC(N)CC(=O)O)cc1F. The summed E-state index contributed by atoms with van der Waals surface area (Å²) in [4.78, 5) is 10.4.